The number of benzene rings is 3. The monoisotopic (exact) mass is 963 g/mol. The number of hydrogen-bond donors (Lipinski definition) is 7. The fraction of sp³-hybridized carbons (Fsp3) is 0.537. The first-order valence-electron chi connectivity index (χ1n) is 24.7. The second kappa shape index (κ2) is 22.3. The van der Waals surface area contributed by atoms with E-state index in [0.29, 0.717) is 5.56 Å². The molecule has 0 bridgehead atoms. The average molecular weight is 963 g/mol. The lowest BCUT2D eigenvalue weighted by Gasteiger charge is -2.41. The smallest absolute Gasteiger partial charge is 0.326 e. The van der Waals surface area contributed by atoms with Crippen molar-refractivity contribution in [2.45, 2.75) is 155 Å². The van der Waals surface area contributed by atoms with Crippen LogP contribution in [-0.4, -0.2) is 119 Å². The summed E-state index contributed by atoms with van der Waals surface area (Å²) in [5, 5.41) is 28.0. The SMILES string of the molecule is CNC(C)C(=O)NC(C(=O)N1Cc2cc(C3CC(C(=O)NC4CCCc5ccccc54)N(C(=O)C(NC(=O)C(C)NC)C(C)(C)C)C3)ccc2CC1C(=O)NC(Cc1ccccc1)C(=O)O)C(C)(C)C. The van der Waals surface area contributed by atoms with Crippen LogP contribution in [0.3, 0.4) is 0 Å². The maximum Gasteiger partial charge on any atom is 0.326 e. The number of rotatable bonds is 16. The minimum atomic E-state index is -1.28. The fourth-order valence-corrected chi connectivity index (χ4v) is 9.81. The molecule has 16 nitrogen and oxygen atoms in total. The van der Waals surface area contributed by atoms with Crippen molar-refractivity contribution in [1.29, 1.82) is 0 Å². The van der Waals surface area contributed by atoms with Gasteiger partial charge in [0, 0.05) is 31.8 Å². The summed E-state index contributed by atoms with van der Waals surface area (Å²) < 4.78 is 0. The lowest BCUT2D eigenvalue weighted by molar-refractivity contribution is -0.148. The topological polar surface area (TPSA) is 218 Å². The quantitative estimate of drug-likeness (QED) is 0.110. The highest BCUT2D eigenvalue weighted by Crippen LogP contribution is 2.38. The molecule has 1 fully saturated rings. The third kappa shape index (κ3) is 12.4. The van der Waals surface area contributed by atoms with Crippen molar-refractivity contribution >= 4 is 41.4 Å². The van der Waals surface area contributed by atoms with Crippen molar-refractivity contribution in [3.63, 3.8) is 0 Å². The third-order valence-corrected chi connectivity index (χ3v) is 14.3. The second-order valence-electron chi connectivity index (χ2n) is 21.5. The number of likely N-dealkylation sites (N-methyl/N-ethyl adjacent to an activating group) is 2. The molecule has 2 aliphatic heterocycles. The van der Waals surface area contributed by atoms with Crippen molar-refractivity contribution in [2.24, 2.45) is 10.8 Å². The zero-order valence-electron chi connectivity index (χ0n) is 42.5. The van der Waals surface area contributed by atoms with E-state index in [1.54, 1.807) is 57.1 Å². The van der Waals surface area contributed by atoms with Crippen LogP contribution in [0.15, 0.2) is 72.8 Å². The number of hydrogen-bond acceptors (Lipinski definition) is 9. The Bertz CT molecular complexity index is 2410. The summed E-state index contributed by atoms with van der Waals surface area (Å²) in [7, 11) is 3.31. The molecule has 7 N–H and O–H groups in total. The van der Waals surface area contributed by atoms with Gasteiger partial charge in [-0.25, -0.2) is 4.79 Å². The lowest BCUT2D eigenvalue weighted by Crippen LogP contribution is -2.62. The predicted molar refractivity (Wildman–Crippen MR) is 267 cm³/mol. The van der Waals surface area contributed by atoms with Gasteiger partial charge in [-0.05, 0) is 97.8 Å². The molecule has 378 valence electrons. The maximum atomic E-state index is 15.0. The van der Waals surface area contributed by atoms with Crippen LogP contribution < -0.4 is 31.9 Å². The van der Waals surface area contributed by atoms with Crippen LogP contribution in [0.1, 0.15) is 120 Å². The van der Waals surface area contributed by atoms with Gasteiger partial charge in [0.25, 0.3) is 0 Å². The van der Waals surface area contributed by atoms with Crippen molar-refractivity contribution in [1.82, 2.24) is 41.7 Å². The summed E-state index contributed by atoms with van der Waals surface area (Å²) in [5.41, 5.74) is 3.78. The summed E-state index contributed by atoms with van der Waals surface area (Å²) in [6.07, 6.45) is 2.95. The molecule has 1 aliphatic carbocycles. The molecule has 3 aromatic carbocycles. The van der Waals surface area contributed by atoms with E-state index < -0.39 is 76.8 Å². The number of fused-ring (bicyclic) bond motifs is 2. The molecular weight excluding hydrogens is 889 g/mol. The molecule has 9 unspecified atom stereocenters. The van der Waals surface area contributed by atoms with Crippen LogP contribution in [0.4, 0.5) is 0 Å². The normalized spacial score (nSPS) is 21.2. The summed E-state index contributed by atoms with van der Waals surface area (Å²) >= 11 is 0. The van der Waals surface area contributed by atoms with Crippen LogP contribution in [0.2, 0.25) is 0 Å². The van der Waals surface area contributed by atoms with Crippen LogP contribution in [0.5, 0.6) is 0 Å². The minimum Gasteiger partial charge on any atom is -0.480 e. The molecule has 0 saturated carbocycles. The van der Waals surface area contributed by atoms with Crippen LogP contribution in [-0.2, 0) is 59.4 Å². The van der Waals surface area contributed by atoms with Gasteiger partial charge in [0.2, 0.25) is 35.4 Å². The van der Waals surface area contributed by atoms with Gasteiger partial charge < -0.3 is 46.8 Å². The Morgan fingerprint density at radius 1 is 0.686 bits per heavy atom. The molecule has 0 spiro atoms. The predicted octanol–water partition coefficient (Wildman–Crippen LogP) is 3.91. The van der Waals surface area contributed by atoms with Gasteiger partial charge >= 0.3 is 5.97 Å². The zero-order chi connectivity index (χ0) is 51.2. The number of amides is 6. The molecule has 2 heterocycles. The standard InChI is InChI=1S/C54H74N8O8/c1-31(55-9)46(63)59-44(53(3,4)5)50(67)61-29-37-26-35(23-24-36(37)27-42(61)49(66)58-41(52(69)70)25-33-17-12-11-13-18-33)38-28-43(48(65)57-40-22-16-20-34-19-14-15-21-39(34)40)62(30-38)51(68)45(54(6,7)8)60-47(64)32(2)56-10/h11-15,17-19,21,23-24,26,31-32,38,40-45,55-56H,16,20,22,25,27-30H2,1-10H3,(H,57,65)(H,58,66)(H,59,63)(H,60,64)(H,69,70). The van der Waals surface area contributed by atoms with E-state index in [2.05, 4.69) is 38.0 Å². The van der Waals surface area contributed by atoms with E-state index in [0.717, 1.165) is 41.5 Å². The Morgan fingerprint density at radius 2 is 1.27 bits per heavy atom. The van der Waals surface area contributed by atoms with E-state index in [4.69, 9.17) is 0 Å². The molecule has 9 atom stereocenters. The molecule has 70 heavy (non-hydrogen) atoms. The number of carboxylic acid groups (broad SMARTS) is 1. The number of carbonyl (C=O) groups is 7. The van der Waals surface area contributed by atoms with Gasteiger partial charge in [-0.3, -0.25) is 28.8 Å². The number of likely N-dealkylation sites (tertiary alicyclic amines) is 1. The maximum absolute atomic E-state index is 15.0. The largest absolute Gasteiger partial charge is 0.480 e. The number of aryl methyl sites for hydroxylation is 1. The van der Waals surface area contributed by atoms with E-state index in [-0.39, 0.29) is 62.0 Å². The zero-order valence-corrected chi connectivity index (χ0v) is 42.5. The molecule has 6 rings (SSSR count). The highest BCUT2D eigenvalue weighted by atomic mass is 16.4. The van der Waals surface area contributed by atoms with Gasteiger partial charge in [0.1, 0.15) is 30.2 Å². The van der Waals surface area contributed by atoms with Crippen LogP contribution >= 0.6 is 0 Å². The van der Waals surface area contributed by atoms with E-state index in [9.17, 15) is 38.7 Å². The summed E-state index contributed by atoms with van der Waals surface area (Å²) in [6.45, 7) is 14.7. The summed E-state index contributed by atoms with van der Waals surface area (Å²) in [5.74, 6) is -4.09. The van der Waals surface area contributed by atoms with Gasteiger partial charge in [0.15, 0.2) is 0 Å². The van der Waals surface area contributed by atoms with Crippen molar-refractivity contribution in [2.75, 3.05) is 20.6 Å². The Hall–Kier alpha value is -6.13. The number of carboxylic acids is 1. The number of carbonyl (C=O) groups excluding carboxylic acids is 6. The minimum absolute atomic E-state index is 0.0247. The Morgan fingerprint density at radius 3 is 1.86 bits per heavy atom. The molecule has 3 aromatic rings. The highest BCUT2D eigenvalue weighted by molar-refractivity contribution is 5.96. The Labute approximate surface area is 412 Å². The third-order valence-electron chi connectivity index (χ3n) is 14.3. The van der Waals surface area contributed by atoms with Crippen molar-refractivity contribution < 1.29 is 38.7 Å². The van der Waals surface area contributed by atoms with Crippen molar-refractivity contribution in [3.05, 3.63) is 106 Å². The number of nitrogens with zero attached hydrogens (tertiary/aromatic N) is 2. The van der Waals surface area contributed by atoms with Gasteiger partial charge in [-0.1, -0.05) is 114 Å². The first-order valence-corrected chi connectivity index (χ1v) is 24.7. The molecule has 0 aromatic heterocycles. The Kier molecular flexibility index (Phi) is 17.0. The van der Waals surface area contributed by atoms with Crippen molar-refractivity contribution in [3.8, 4) is 0 Å². The van der Waals surface area contributed by atoms with Crippen LogP contribution in [0.25, 0.3) is 0 Å². The second-order valence-corrected chi connectivity index (χ2v) is 21.5. The molecule has 0 radical (unpaired) electrons. The molecule has 1 saturated heterocycles. The number of nitrogens with one attached hydrogen (secondary N) is 6. The summed E-state index contributed by atoms with van der Waals surface area (Å²) in [6, 6.07) is 16.2. The van der Waals surface area contributed by atoms with E-state index in [1.807, 2.05) is 84.0 Å². The number of aliphatic carboxylic acids is 1. The lowest BCUT2D eigenvalue weighted by atomic mass is 9.83. The first kappa shape index (κ1) is 53.2. The van der Waals surface area contributed by atoms with Gasteiger partial charge in [-0.2, -0.15) is 0 Å². The molecule has 16 heteroatoms. The highest BCUT2D eigenvalue weighted by Gasteiger charge is 2.47. The average Bonchev–Trinajstić information content (AvgIpc) is 3.78. The van der Waals surface area contributed by atoms with E-state index in [1.165, 1.54) is 10.5 Å². The van der Waals surface area contributed by atoms with Gasteiger partial charge in [0.05, 0.1) is 18.1 Å². The molecule has 6 amide bonds. The van der Waals surface area contributed by atoms with E-state index >= 15 is 0 Å². The molecular formula is C54H74N8O8. The van der Waals surface area contributed by atoms with Crippen LogP contribution in [0, 0.1) is 10.8 Å². The van der Waals surface area contributed by atoms with Gasteiger partial charge in [-0.15, -0.1) is 0 Å². The first-order chi connectivity index (χ1) is 33.0. The summed E-state index contributed by atoms with van der Waals surface area (Å²) in [4.78, 5) is 101. The molecule has 3 aliphatic rings. The fourth-order valence-electron chi connectivity index (χ4n) is 9.81. The Balaban J connectivity index is 1.36.